The van der Waals surface area contributed by atoms with Gasteiger partial charge in [-0.25, -0.2) is 8.42 Å². The summed E-state index contributed by atoms with van der Waals surface area (Å²) in [4.78, 5) is 15.1. The minimum atomic E-state index is -3.51. The third-order valence-corrected chi connectivity index (χ3v) is 8.29. The maximum Gasteiger partial charge on any atom is 0.243 e. The molecule has 7 heteroatoms. The number of carbonyl (C=O) groups is 1. The summed E-state index contributed by atoms with van der Waals surface area (Å²) in [5, 5.41) is 2.93. The average molecular weight is 408 g/mol. The van der Waals surface area contributed by atoms with Gasteiger partial charge >= 0.3 is 0 Å². The Hall–Kier alpha value is -1.44. The van der Waals surface area contributed by atoms with Crippen LogP contribution in [0.2, 0.25) is 0 Å². The lowest BCUT2D eigenvalue weighted by Crippen LogP contribution is -2.49. The van der Waals surface area contributed by atoms with Gasteiger partial charge in [-0.2, -0.15) is 4.31 Å². The van der Waals surface area contributed by atoms with Gasteiger partial charge in [0.05, 0.1) is 11.4 Å². The summed E-state index contributed by atoms with van der Waals surface area (Å²) < 4.78 is 26.4. The van der Waals surface area contributed by atoms with Crippen molar-refractivity contribution in [2.24, 2.45) is 5.92 Å². The molecule has 156 valence electrons. The molecule has 6 nitrogen and oxygen atoms in total. The zero-order chi connectivity index (χ0) is 20.3. The fraction of sp³-hybridized carbons (Fsp3) is 0.667. The van der Waals surface area contributed by atoms with Gasteiger partial charge in [-0.05, 0) is 76.3 Å². The van der Waals surface area contributed by atoms with Crippen LogP contribution in [0.4, 0.5) is 5.69 Å². The molecule has 1 aromatic carbocycles. The van der Waals surface area contributed by atoms with Crippen molar-refractivity contribution in [3.05, 3.63) is 24.3 Å². The van der Waals surface area contributed by atoms with E-state index in [2.05, 4.69) is 10.2 Å². The first kappa shape index (κ1) is 21.3. The number of carbonyl (C=O) groups excluding carboxylic acids is 1. The number of hydrogen-bond acceptors (Lipinski definition) is 4. The van der Waals surface area contributed by atoms with Gasteiger partial charge in [-0.3, -0.25) is 9.69 Å². The quantitative estimate of drug-likeness (QED) is 0.785. The fourth-order valence-corrected chi connectivity index (χ4v) is 5.83. The van der Waals surface area contributed by atoms with Crippen LogP contribution < -0.4 is 5.32 Å². The van der Waals surface area contributed by atoms with Crippen LogP contribution in [0.25, 0.3) is 0 Å². The minimum Gasteiger partial charge on any atom is -0.325 e. The minimum absolute atomic E-state index is 0.0267. The molecule has 3 rings (SSSR count). The number of anilines is 1. The highest BCUT2D eigenvalue weighted by molar-refractivity contribution is 7.89. The Morgan fingerprint density at radius 3 is 2.46 bits per heavy atom. The lowest BCUT2D eigenvalue weighted by atomic mass is 9.78. The van der Waals surface area contributed by atoms with Crippen molar-refractivity contribution in [3.63, 3.8) is 0 Å². The van der Waals surface area contributed by atoms with Gasteiger partial charge in [0.15, 0.2) is 0 Å². The van der Waals surface area contributed by atoms with Crippen LogP contribution in [0.5, 0.6) is 0 Å². The summed E-state index contributed by atoms with van der Waals surface area (Å²) in [6.07, 6.45) is 7.55. The number of nitrogens with one attached hydrogen (secondary N) is 1. The SMILES string of the molecule is CC(C)N(C)S(=O)(=O)c1ccc(NC(=O)CN2CCC[C@H]3CCCC[C@@H]32)cc1. The van der Waals surface area contributed by atoms with E-state index in [0.717, 1.165) is 12.5 Å². The number of hydrogen-bond donors (Lipinski definition) is 1. The molecule has 1 saturated heterocycles. The zero-order valence-corrected chi connectivity index (χ0v) is 18.0. The van der Waals surface area contributed by atoms with Crippen molar-refractivity contribution in [1.29, 1.82) is 0 Å². The molecular weight excluding hydrogens is 374 g/mol. The number of piperidine rings is 1. The molecule has 1 aliphatic heterocycles. The van der Waals surface area contributed by atoms with Gasteiger partial charge in [0.2, 0.25) is 15.9 Å². The van der Waals surface area contributed by atoms with Crippen molar-refractivity contribution in [2.45, 2.75) is 69.4 Å². The number of nitrogens with zero attached hydrogens (tertiary/aromatic N) is 2. The number of fused-ring (bicyclic) bond motifs is 1. The first-order chi connectivity index (χ1) is 13.3. The van der Waals surface area contributed by atoms with Crippen LogP contribution in [-0.4, -0.2) is 55.8 Å². The monoisotopic (exact) mass is 407 g/mol. The van der Waals surface area contributed by atoms with Crippen molar-refractivity contribution >= 4 is 21.6 Å². The van der Waals surface area contributed by atoms with E-state index in [1.165, 1.54) is 42.8 Å². The normalized spacial score (nSPS) is 23.6. The Kier molecular flexibility index (Phi) is 6.78. The van der Waals surface area contributed by atoms with Gasteiger partial charge in [0, 0.05) is 24.8 Å². The van der Waals surface area contributed by atoms with Crippen molar-refractivity contribution < 1.29 is 13.2 Å². The van der Waals surface area contributed by atoms with E-state index < -0.39 is 10.0 Å². The van der Waals surface area contributed by atoms with Crippen LogP contribution in [0.3, 0.4) is 0 Å². The van der Waals surface area contributed by atoms with Gasteiger partial charge in [-0.15, -0.1) is 0 Å². The van der Waals surface area contributed by atoms with Crippen molar-refractivity contribution in [2.75, 3.05) is 25.5 Å². The lowest BCUT2D eigenvalue weighted by Gasteiger charge is -2.43. The molecule has 1 saturated carbocycles. The molecule has 0 unspecified atom stereocenters. The standard InChI is InChI=1S/C21H33N3O3S/c1-16(2)23(3)28(26,27)19-12-10-18(11-13-19)22-21(25)15-24-14-6-8-17-7-4-5-9-20(17)24/h10-13,16-17,20H,4-9,14-15H2,1-3H3,(H,22,25)/t17-,20+/m1/s1. The summed E-state index contributed by atoms with van der Waals surface area (Å²) in [6, 6.07) is 6.88. The third kappa shape index (κ3) is 4.75. The van der Waals surface area contributed by atoms with Crippen molar-refractivity contribution in [3.8, 4) is 0 Å². The molecule has 1 aromatic rings. The molecule has 0 bridgehead atoms. The zero-order valence-electron chi connectivity index (χ0n) is 17.2. The summed E-state index contributed by atoms with van der Waals surface area (Å²) in [5.74, 6) is 0.721. The first-order valence-electron chi connectivity index (χ1n) is 10.4. The third-order valence-electron chi connectivity index (χ3n) is 6.25. The first-order valence-corrected chi connectivity index (χ1v) is 11.8. The molecule has 1 heterocycles. The van der Waals surface area contributed by atoms with E-state index in [0.29, 0.717) is 18.3 Å². The Morgan fingerprint density at radius 1 is 1.14 bits per heavy atom. The lowest BCUT2D eigenvalue weighted by molar-refractivity contribution is -0.118. The van der Waals surface area contributed by atoms with Crippen LogP contribution in [0, 0.1) is 5.92 Å². The molecule has 28 heavy (non-hydrogen) atoms. The summed E-state index contributed by atoms with van der Waals surface area (Å²) in [5.41, 5.74) is 0.633. The van der Waals surface area contributed by atoms with Gasteiger partial charge in [0.1, 0.15) is 0 Å². The van der Waals surface area contributed by atoms with Crippen LogP contribution in [0.15, 0.2) is 29.2 Å². The van der Waals surface area contributed by atoms with Gasteiger partial charge in [-0.1, -0.05) is 12.8 Å². The van der Waals surface area contributed by atoms with E-state index in [1.54, 1.807) is 31.3 Å². The number of sulfonamides is 1. The van der Waals surface area contributed by atoms with Crippen LogP contribution >= 0.6 is 0 Å². The summed E-state index contributed by atoms with van der Waals surface area (Å²) >= 11 is 0. The second kappa shape index (κ2) is 8.93. The molecular formula is C21H33N3O3S. The Balaban J connectivity index is 1.60. The van der Waals surface area contributed by atoms with Crippen LogP contribution in [-0.2, 0) is 14.8 Å². The molecule has 0 spiro atoms. The van der Waals surface area contributed by atoms with E-state index in [4.69, 9.17) is 0 Å². The number of likely N-dealkylation sites (tertiary alicyclic amines) is 1. The second-order valence-corrected chi connectivity index (χ2v) is 10.4. The highest BCUT2D eigenvalue weighted by atomic mass is 32.2. The highest BCUT2D eigenvalue weighted by Gasteiger charge is 2.33. The molecule has 2 atom stereocenters. The highest BCUT2D eigenvalue weighted by Crippen LogP contribution is 2.35. The van der Waals surface area contributed by atoms with E-state index in [9.17, 15) is 13.2 Å². The number of rotatable bonds is 6. The summed E-state index contributed by atoms with van der Waals surface area (Å²) in [7, 11) is -1.93. The predicted octanol–water partition coefficient (Wildman–Crippen LogP) is 3.31. The van der Waals surface area contributed by atoms with Crippen molar-refractivity contribution in [1.82, 2.24) is 9.21 Å². The maximum absolute atomic E-state index is 12.6. The van der Waals surface area contributed by atoms with Crippen LogP contribution in [0.1, 0.15) is 52.4 Å². The Bertz CT molecular complexity index is 775. The topological polar surface area (TPSA) is 69.7 Å². The van der Waals surface area contributed by atoms with E-state index in [1.807, 2.05) is 13.8 Å². The molecule has 1 amide bonds. The Morgan fingerprint density at radius 2 is 1.79 bits per heavy atom. The molecule has 0 aromatic heterocycles. The molecule has 1 aliphatic carbocycles. The van der Waals surface area contributed by atoms with E-state index in [-0.39, 0.29) is 16.8 Å². The largest absolute Gasteiger partial charge is 0.325 e. The van der Waals surface area contributed by atoms with Gasteiger partial charge in [0.25, 0.3) is 0 Å². The predicted molar refractivity (Wildman–Crippen MR) is 112 cm³/mol. The smallest absolute Gasteiger partial charge is 0.243 e. The molecule has 1 N–H and O–H groups in total. The fourth-order valence-electron chi connectivity index (χ4n) is 4.46. The Labute approximate surface area is 169 Å². The summed E-state index contributed by atoms with van der Waals surface area (Å²) in [6.45, 7) is 5.08. The number of amides is 1. The second-order valence-electron chi connectivity index (χ2n) is 8.41. The molecule has 2 aliphatic rings. The van der Waals surface area contributed by atoms with Gasteiger partial charge < -0.3 is 5.32 Å². The van der Waals surface area contributed by atoms with E-state index >= 15 is 0 Å². The average Bonchev–Trinajstić information content (AvgIpc) is 2.68. The molecule has 2 fully saturated rings. The molecule has 0 radical (unpaired) electrons. The number of benzene rings is 1. The maximum atomic E-state index is 12.6.